The van der Waals surface area contributed by atoms with Crippen LogP contribution >= 0.6 is 23.2 Å². The average Bonchev–Trinajstić information content (AvgIpc) is 2.89. The Hall–Kier alpha value is -3.44. The summed E-state index contributed by atoms with van der Waals surface area (Å²) in [5, 5.41) is 23.8. The highest BCUT2D eigenvalue weighted by Gasteiger charge is 2.42. The Balaban J connectivity index is 1.95. The summed E-state index contributed by atoms with van der Waals surface area (Å²) in [6.07, 6.45) is -0.355. The van der Waals surface area contributed by atoms with Gasteiger partial charge in [-0.15, -0.1) is 0 Å². The first kappa shape index (κ1) is 28.6. The lowest BCUT2D eigenvalue weighted by Crippen LogP contribution is -2.48. The molecule has 1 atom stereocenters. The number of hydrogen-bond acceptors (Lipinski definition) is 6. The van der Waals surface area contributed by atoms with Crippen molar-refractivity contribution in [3.8, 4) is 0 Å². The van der Waals surface area contributed by atoms with Gasteiger partial charge in [0.05, 0.1) is 45.3 Å². The monoisotopic (exact) mass is 589 g/mol. The van der Waals surface area contributed by atoms with E-state index in [1.165, 1.54) is 12.1 Å². The molecule has 2 aromatic rings. The number of carboxylic acids is 2. The van der Waals surface area contributed by atoms with Crippen LogP contribution in [0.5, 0.6) is 0 Å². The molecule has 0 aromatic heterocycles. The quantitative estimate of drug-likeness (QED) is 0.332. The normalized spacial score (nSPS) is 18.0. The van der Waals surface area contributed by atoms with E-state index in [9.17, 15) is 28.8 Å². The van der Waals surface area contributed by atoms with Crippen molar-refractivity contribution in [3.63, 3.8) is 0 Å². The van der Waals surface area contributed by atoms with Gasteiger partial charge in [0.2, 0.25) is 5.91 Å². The smallest absolute Gasteiger partial charge is 0.334 e. The number of piperazine rings is 1. The minimum absolute atomic E-state index is 0.0233. The molecule has 39 heavy (non-hydrogen) atoms. The number of carbonyl (C=O) groups excluding carboxylic acids is 1. The van der Waals surface area contributed by atoms with E-state index in [1.807, 2.05) is 7.05 Å². The molecule has 2 heterocycles. The fourth-order valence-electron chi connectivity index (χ4n) is 4.77. The molecule has 1 fully saturated rings. The average molecular weight is 590 g/mol. The van der Waals surface area contributed by atoms with Crippen LogP contribution in [0.25, 0.3) is 0 Å². The van der Waals surface area contributed by atoms with Crippen molar-refractivity contribution in [2.75, 3.05) is 33.2 Å². The van der Waals surface area contributed by atoms with Crippen LogP contribution in [0, 0.1) is 0 Å². The Morgan fingerprint density at radius 2 is 1.51 bits per heavy atom. The summed E-state index contributed by atoms with van der Waals surface area (Å²) in [6.45, 7) is 2.25. The maximum absolute atomic E-state index is 13.3. The van der Waals surface area contributed by atoms with E-state index in [0.717, 1.165) is 0 Å². The number of amides is 1. The van der Waals surface area contributed by atoms with Gasteiger partial charge < -0.3 is 25.3 Å². The first-order chi connectivity index (χ1) is 18.6. The number of nitrogens with zero attached hydrogens (tertiary/aromatic N) is 2. The van der Waals surface area contributed by atoms with E-state index < -0.39 is 23.4 Å². The zero-order valence-electron chi connectivity index (χ0n) is 20.8. The van der Waals surface area contributed by atoms with Crippen molar-refractivity contribution < 1.29 is 28.8 Å². The van der Waals surface area contributed by atoms with Crippen LogP contribution < -0.4 is 5.32 Å². The molecular weight excluding hydrogens is 565 g/mol. The van der Waals surface area contributed by atoms with Gasteiger partial charge >= 0.3 is 11.9 Å². The lowest BCUT2D eigenvalue weighted by atomic mass is 9.78. The second-order valence-corrected chi connectivity index (χ2v) is 10.5. The van der Waals surface area contributed by atoms with E-state index in [0.29, 0.717) is 31.7 Å². The first-order valence-corrected chi connectivity index (χ1v) is 13.5. The Kier molecular flexibility index (Phi) is 8.91. The number of nitrogens with one attached hydrogen (secondary N) is 1. The fourth-order valence-corrected chi connectivity index (χ4v) is 5.86. The van der Waals surface area contributed by atoms with Crippen LogP contribution in [0.4, 0.5) is 0 Å². The highest BCUT2D eigenvalue weighted by molar-refractivity contribution is 7.67. The lowest BCUT2D eigenvalue weighted by Gasteiger charge is -2.35. The Morgan fingerprint density at radius 1 is 0.923 bits per heavy atom. The van der Waals surface area contributed by atoms with Crippen molar-refractivity contribution in [1.82, 2.24) is 15.1 Å². The van der Waals surface area contributed by atoms with Gasteiger partial charge in [0.1, 0.15) is 0 Å². The van der Waals surface area contributed by atoms with Gasteiger partial charge in [-0.3, -0.25) is 4.79 Å². The van der Waals surface area contributed by atoms with Gasteiger partial charge in [0.25, 0.3) is 0 Å². The molecule has 0 radical (unpaired) electrons. The van der Waals surface area contributed by atoms with Crippen molar-refractivity contribution in [2.45, 2.75) is 12.3 Å². The highest BCUT2D eigenvalue weighted by atomic mass is 35.5. The predicted octanol–water partition coefficient (Wildman–Crippen LogP) is 2.96. The van der Waals surface area contributed by atoms with Gasteiger partial charge in [-0.2, -0.15) is 0 Å². The Labute approximate surface area is 238 Å². The third-order valence-electron chi connectivity index (χ3n) is 6.73. The van der Waals surface area contributed by atoms with Gasteiger partial charge in [-0.1, -0.05) is 59.6 Å². The fraction of sp³-hybridized carbons (Fsp3) is 0.259. The number of halogens is 2. The molecule has 1 unspecified atom stereocenters. The summed E-state index contributed by atoms with van der Waals surface area (Å²) in [4.78, 5) is 42.6. The number of likely N-dealkylation sites (N-methyl/N-ethyl adjacent to an activating group) is 1. The maximum Gasteiger partial charge on any atom is 0.334 e. The zero-order valence-corrected chi connectivity index (χ0v) is 23.1. The summed E-state index contributed by atoms with van der Waals surface area (Å²) in [6, 6.07) is 12.9. The van der Waals surface area contributed by atoms with Crippen LogP contribution in [-0.2, 0) is 25.6 Å². The molecule has 1 amide bonds. The maximum atomic E-state index is 13.3. The van der Waals surface area contributed by atoms with E-state index in [-0.39, 0.29) is 61.0 Å². The molecule has 4 rings (SSSR count). The van der Waals surface area contributed by atoms with Crippen molar-refractivity contribution in [3.05, 3.63) is 92.2 Å². The van der Waals surface area contributed by atoms with Gasteiger partial charge in [0.15, 0.2) is 0 Å². The van der Waals surface area contributed by atoms with Gasteiger partial charge in [-0.05, 0) is 24.7 Å². The van der Waals surface area contributed by atoms with Crippen LogP contribution in [0.2, 0.25) is 10.0 Å². The summed E-state index contributed by atoms with van der Waals surface area (Å²) in [5.41, 5.74) is -0.457. The highest BCUT2D eigenvalue weighted by Crippen LogP contribution is 2.45. The number of rotatable bonds is 7. The van der Waals surface area contributed by atoms with Crippen molar-refractivity contribution >= 4 is 57.2 Å². The van der Waals surface area contributed by atoms with Crippen LogP contribution in [-0.4, -0.2) is 80.2 Å². The molecule has 2 aromatic carbocycles. The largest absolute Gasteiger partial charge is 0.478 e. The minimum Gasteiger partial charge on any atom is -0.478 e. The number of carbonyl (C=O) groups is 3. The SMILES string of the molecule is CN1CCN(C(=O)CC2=C(C(=O)O)C(c3c(Cl)cccc3Cl)C(C(=O)O)=C(C(=S=O)c3ccccc3)N2)CC1. The third kappa shape index (κ3) is 5.94. The van der Waals surface area contributed by atoms with E-state index in [4.69, 9.17) is 23.2 Å². The second-order valence-electron chi connectivity index (χ2n) is 9.12. The summed E-state index contributed by atoms with van der Waals surface area (Å²) >= 11 is 13.0. The number of carboxylic acid groups (broad SMARTS) is 2. The molecule has 12 heteroatoms. The molecule has 1 saturated heterocycles. The van der Waals surface area contributed by atoms with Crippen molar-refractivity contribution in [1.29, 1.82) is 0 Å². The Morgan fingerprint density at radius 3 is 2.05 bits per heavy atom. The third-order valence-corrected chi connectivity index (χ3v) is 7.99. The summed E-state index contributed by atoms with van der Waals surface area (Å²) in [5.74, 6) is -4.72. The number of hydrogen-bond donors (Lipinski definition) is 3. The molecule has 9 nitrogen and oxygen atoms in total. The first-order valence-electron chi connectivity index (χ1n) is 12.0. The van der Waals surface area contributed by atoms with Gasteiger partial charge in [-0.25, -0.2) is 13.8 Å². The Bertz CT molecular complexity index is 1420. The molecule has 2 aliphatic heterocycles. The topological polar surface area (TPSA) is 127 Å². The molecule has 2 aliphatic rings. The minimum atomic E-state index is -1.47. The summed E-state index contributed by atoms with van der Waals surface area (Å²) < 4.78 is 12.4. The molecule has 0 saturated carbocycles. The van der Waals surface area contributed by atoms with Gasteiger partial charge in [0, 0.05) is 47.5 Å². The predicted molar refractivity (Wildman–Crippen MR) is 149 cm³/mol. The van der Waals surface area contributed by atoms with Crippen LogP contribution in [0.1, 0.15) is 23.5 Å². The number of allylic oxidation sites excluding steroid dienone is 1. The number of dihydropyridines is 1. The molecular formula is C27H25Cl2N3O6S. The molecule has 0 aliphatic carbocycles. The van der Waals surface area contributed by atoms with E-state index in [1.54, 1.807) is 41.3 Å². The molecule has 3 N–H and O–H groups in total. The number of aliphatic carboxylic acids is 2. The molecule has 0 spiro atoms. The zero-order chi connectivity index (χ0) is 28.3. The number of benzene rings is 2. The molecule has 0 bridgehead atoms. The van der Waals surface area contributed by atoms with E-state index in [2.05, 4.69) is 10.2 Å². The molecule has 204 valence electrons. The lowest BCUT2D eigenvalue weighted by molar-refractivity contribution is -0.133. The summed E-state index contributed by atoms with van der Waals surface area (Å²) in [7, 11) is 1.94. The second kappa shape index (κ2) is 12.2. The van der Waals surface area contributed by atoms with E-state index >= 15 is 0 Å². The standard InChI is InChI=1S/C27H25Cl2N3O6S/c1-31-10-12-32(13-11-31)19(33)14-18-21(26(34)35)22(20-16(28)8-5-9-17(20)29)23(27(36)37)24(30-18)25(39-38)15-6-3-2-4-7-15/h2-9,22,30H,10-14H2,1H3,(H,34,35)(H,36,37). The van der Waals surface area contributed by atoms with Crippen LogP contribution in [0.15, 0.2) is 71.1 Å². The van der Waals surface area contributed by atoms with Crippen molar-refractivity contribution in [2.24, 2.45) is 0 Å². The van der Waals surface area contributed by atoms with Crippen LogP contribution in [0.3, 0.4) is 0 Å².